The van der Waals surface area contributed by atoms with Crippen LogP contribution in [0.4, 0.5) is 15.0 Å². The Labute approximate surface area is 272 Å². The van der Waals surface area contributed by atoms with E-state index < -0.39 is 53.5 Å². The molecule has 0 aliphatic rings. The molecule has 0 radical (unpaired) electrons. The second-order valence-corrected chi connectivity index (χ2v) is 11.8. The SMILES string of the molecule is CCOC(=O)C(c1ccc(OC)cc1)n1cnc(NC(=O)C(COCc2ccc(F)cc2)=NC(=O)C(C)(C)NC(=O)OC(C)(C)C)c1. The Morgan fingerprint density at radius 2 is 1.66 bits per heavy atom. The molecular formula is C33H40FN5O8. The van der Waals surface area contributed by atoms with Crippen LogP contribution in [-0.2, 0) is 35.2 Å². The minimum Gasteiger partial charge on any atom is -0.497 e. The van der Waals surface area contributed by atoms with Crippen LogP contribution in [0.2, 0.25) is 0 Å². The van der Waals surface area contributed by atoms with Gasteiger partial charge in [0.2, 0.25) is 0 Å². The van der Waals surface area contributed by atoms with Gasteiger partial charge in [0.05, 0.1) is 33.3 Å². The van der Waals surface area contributed by atoms with E-state index in [9.17, 15) is 23.6 Å². The summed E-state index contributed by atoms with van der Waals surface area (Å²) in [7, 11) is 1.53. The topological polar surface area (TPSA) is 159 Å². The Hall–Kier alpha value is -5.11. The number of aliphatic imine (C=N–C) groups is 1. The van der Waals surface area contributed by atoms with Crippen molar-refractivity contribution < 1.29 is 42.5 Å². The number of ether oxygens (including phenoxy) is 4. The molecular weight excluding hydrogens is 613 g/mol. The Balaban J connectivity index is 1.85. The fourth-order valence-electron chi connectivity index (χ4n) is 4.04. The molecule has 14 heteroatoms. The first-order chi connectivity index (χ1) is 22.1. The number of imidazole rings is 1. The van der Waals surface area contributed by atoms with Crippen LogP contribution in [0.3, 0.4) is 0 Å². The van der Waals surface area contributed by atoms with E-state index in [4.69, 9.17) is 18.9 Å². The van der Waals surface area contributed by atoms with Gasteiger partial charge in [0, 0.05) is 6.20 Å². The predicted octanol–water partition coefficient (Wildman–Crippen LogP) is 4.61. The number of nitrogens with zero attached hydrogens (tertiary/aromatic N) is 3. The van der Waals surface area contributed by atoms with Crippen LogP contribution in [0.25, 0.3) is 0 Å². The van der Waals surface area contributed by atoms with Crippen molar-refractivity contribution in [1.29, 1.82) is 0 Å². The lowest BCUT2D eigenvalue weighted by Gasteiger charge is -2.26. The third kappa shape index (κ3) is 11.0. The first-order valence-electron chi connectivity index (χ1n) is 14.7. The van der Waals surface area contributed by atoms with E-state index >= 15 is 0 Å². The van der Waals surface area contributed by atoms with Crippen molar-refractivity contribution in [2.45, 2.75) is 65.3 Å². The number of rotatable bonds is 13. The van der Waals surface area contributed by atoms with Gasteiger partial charge in [-0.15, -0.1) is 0 Å². The van der Waals surface area contributed by atoms with Crippen LogP contribution in [-0.4, -0.2) is 70.6 Å². The van der Waals surface area contributed by atoms with Crippen LogP contribution in [0, 0.1) is 5.82 Å². The van der Waals surface area contributed by atoms with E-state index in [0.717, 1.165) is 0 Å². The van der Waals surface area contributed by atoms with Crippen molar-refractivity contribution >= 4 is 35.4 Å². The van der Waals surface area contributed by atoms with Crippen molar-refractivity contribution in [3.05, 3.63) is 78.0 Å². The minimum atomic E-state index is -1.56. The lowest BCUT2D eigenvalue weighted by molar-refractivity contribution is -0.145. The summed E-state index contributed by atoms with van der Waals surface area (Å²) in [6.45, 7) is 9.24. The zero-order chi connectivity index (χ0) is 34.8. The van der Waals surface area contributed by atoms with Crippen molar-refractivity contribution in [1.82, 2.24) is 14.9 Å². The number of benzene rings is 2. The second kappa shape index (κ2) is 15.9. The molecule has 0 fully saturated rings. The standard InChI is InChI=1S/C33H40FN5O8/c1-8-46-29(41)27(22-11-15-24(44-7)16-12-22)39-17-26(35-20-39)37-28(40)25(19-45-18-21-9-13-23(34)14-10-21)36-30(42)33(5,6)38-31(43)47-32(2,3)4/h9-17,20,27H,8,18-19H2,1-7H3,(H,37,40)(H,38,43). The maximum atomic E-state index is 13.4. The first-order valence-corrected chi connectivity index (χ1v) is 14.7. The highest BCUT2D eigenvalue weighted by Crippen LogP contribution is 2.24. The summed E-state index contributed by atoms with van der Waals surface area (Å²) in [4.78, 5) is 60.2. The van der Waals surface area contributed by atoms with Crippen molar-refractivity contribution in [2.75, 3.05) is 25.6 Å². The number of hydrogen-bond donors (Lipinski definition) is 2. The average Bonchev–Trinajstić information content (AvgIpc) is 3.44. The fraction of sp³-hybridized carbons (Fsp3) is 0.394. The van der Waals surface area contributed by atoms with Gasteiger partial charge in [-0.05, 0) is 76.9 Å². The number of carbonyl (C=O) groups excluding carboxylic acids is 4. The molecule has 1 aromatic heterocycles. The van der Waals surface area contributed by atoms with E-state index in [1.54, 1.807) is 52.0 Å². The molecule has 1 unspecified atom stereocenters. The van der Waals surface area contributed by atoms with E-state index in [2.05, 4.69) is 20.6 Å². The van der Waals surface area contributed by atoms with Gasteiger partial charge in [-0.1, -0.05) is 24.3 Å². The number of methoxy groups -OCH3 is 1. The van der Waals surface area contributed by atoms with Gasteiger partial charge in [0.15, 0.2) is 11.9 Å². The third-order valence-electron chi connectivity index (χ3n) is 6.35. The number of aromatic nitrogens is 2. The third-order valence-corrected chi connectivity index (χ3v) is 6.35. The zero-order valence-corrected chi connectivity index (χ0v) is 27.5. The number of esters is 1. The number of alkyl carbamates (subject to hydrolysis) is 1. The molecule has 2 aromatic carbocycles. The van der Waals surface area contributed by atoms with Gasteiger partial charge in [-0.3, -0.25) is 9.59 Å². The maximum absolute atomic E-state index is 13.4. The highest BCUT2D eigenvalue weighted by molar-refractivity contribution is 6.45. The molecule has 13 nitrogen and oxygen atoms in total. The van der Waals surface area contributed by atoms with Crippen molar-refractivity contribution in [2.24, 2.45) is 4.99 Å². The number of hydrogen-bond acceptors (Lipinski definition) is 9. The predicted molar refractivity (Wildman–Crippen MR) is 171 cm³/mol. The van der Waals surface area contributed by atoms with Crippen molar-refractivity contribution in [3.63, 3.8) is 0 Å². The highest BCUT2D eigenvalue weighted by atomic mass is 19.1. The van der Waals surface area contributed by atoms with E-state index in [1.807, 2.05) is 0 Å². The normalized spacial score (nSPS) is 12.6. The van der Waals surface area contributed by atoms with Crippen LogP contribution in [0.15, 0.2) is 66.0 Å². The Bertz CT molecular complexity index is 1580. The van der Waals surface area contributed by atoms with E-state index in [0.29, 0.717) is 16.9 Å². The maximum Gasteiger partial charge on any atom is 0.408 e. The summed E-state index contributed by atoms with van der Waals surface area (Å²) in [6.07, 6.45) is 1.93. The molecule has 3 aromatic rings. The Morgan fingerprint density at radius 3 is 2.26 bits per heavy atom. The van der Waals surface area contributed by atoms with Crippen LogP contribution in [0.5, 0.6) is 5.75 Å². The average molecular weight is 654 g/mol. The van der Waals surface area contributed by atoms with Gasteiger partial charge in [-0.2, -0.15) is 0 Å². The fourth-order valence-corrected chi connectivity index (χ4v) is 4.04. The zero-order valence-electron chi connectivity index (χ0n) is 27.5. The molecule has 0 bridgehead atoms. The van der Waals surface area contributed by atoms with Gasteiger partial charge >= 0.3 is 12.1 Å². The van der Waals surface area contributed by atoms with Gasteiger partial charge in [-0.25, -0.2) is 24.0 Å². The number of halogens is 1. The molecule has 0 aliphatic heterocycles. The number of nitrogens with one attached hydrogen (secondary N) is 2. The molecule has 0 aliphatic carbocycles. The van der Waals surface area contributed by atoms with Gasteiger partial charge < -0.3 is 34.1 Å². The molecule has 3 amide bonds. The summed E-state index contributed by atoms with van der Waals surface area (Å²) in [5.41, 5.74) is -1.50. The molecule has 3 rings (SSSR count). The summed E-state index contributed by atoms with van der Waals surface area (Å²) in [6, 6.07) is 11.5. The number of anilines is 1. The molecule has 252 valence electrons. The van der Waals surface area contributed by atoms with Crippen molar-refractivity contribution in [3.8, 4) is 5.75 Å². The first kappa shape index (κ1) is 36.4. The quantitative estimate of drug-likeness (QED) is 0.198. The number of amides is 3. The molecule has 2 N–H and O–H groups in total. The molecule has 1 heterocycles. The Morgan fingerprint density at radius 1 is 1.00 bits per heavy atom. The molecule has 47 heavy (non-hydrogen) atoms. The highest BCUT2D eigenvalue weighted by Gasteiger charge is 2.33. The largest absolute Gasteiger partial charge is 0.497 e. The summed E-state index contributed by atoms with van der Waals surface area (Å²) in [5, 5.41) is 5.04. The monoisotopic (exact) mass is 653 g/mol. The Kier molecular flexibility index (Phi) is 12.3. The lowest BCUT2D eigenvalue weighted by atomic mass is 10.1. The molecule has 1 atom stereocenters. The van der Waals surface area contributed by atoms with Crippen LogP contribution < -0.4 is 15.4 Å². The lowest BCUT2D eigenvalue weighted by Crippen LogP contribution is -2.51. The van der Waals surface area contributed by atoms with E-state index in [-0.39, 0.29) is 24.7 Å². The van der Waals surface area contributed by atoms with E-state index in [1.165, 1.54) is 62.3 Å². The summed E-state index contributed by atoms with van der Waals surface area (Å²) < 4.78 is 36.2. The molecule has 0 saturated heterocycles. The second-order valence-electron chi connectivity index (χ2n) is 11.8. The smallest absolute Gasteiger partial charge is 0.408 e. The number of carbonyl (C=O) groups is 4. The summed E-state index contributed by atoms with van der Waals surface area (Å²) >= 11 is 0. The summed E-state index contributed by atoms with van der Waals surface area (Å²) in [5.74, 6) is -2.00. The minimum absolute atomic E-state index is 0.0158. The molecule has 0 saturated carbocycles. The molecule has 0 spiro atoms. The van der Waals surface area contributed by atoms with Gasteiger partial charge in [0.25, 0.3) is 11.8 Å². The van der Waals surface area contributed by atoms with Crippen LogP contribution >= 0.6 is 0 Å². The van der Waals surface area contributed by atoms with Crippen LogP contribution in [0.1, 0.15) is 58.7 Å². The van der Waals surface area contributed by atoms with Gasteiger partial charge in [0.1, 0.15) is 28.4 Å².